The number of amides is 1. The number of rotatable bonds is 5. The minimum absolute atomic E-state index is 0.137. The van der Waals surface area contributed by atoms with Crippen LogP contribution in [0.4, 0.5) is 5.82 Å². The highest BCUT2D eigenvalue weighted by molar-refractivity contribution is 6.03. The van der Waals surface area contributed by atoms with Crippen molar-refractivity contribution in [1.29, 1.82) is 0 Å². The van der Waals surface area contributed by atoms with Crippen LogP contribution in [-0.4, -0.2) is 32.6 Å². The molecule has 25 heavy (non-hydrogen) atoms. The Labute approximate surface area is 146 Å². The van der Waals surface area contributed by atoms with Crippen molar-refractivity contribution in [2.45, 2.75) is 26.8 Å². The first kappa shape index (κ1) is 16.8. The molecule has 7 heteroatoms. The summed E-state index contributed by atoms with van der Waals surface area (Å²) in [5.74, 6) is 0.751. The molecule has 0 fully saturated rings. The van der Waals surface area contributed by atoms with Crippen molar-refractivity contribution in [3.05, 3.63) is 53.9 Å². The smallest absolute Gasteiger partial charge is 0.275 e. The number of anilines is 1. The molecule has 0 atom stereocenters. The van der Waals surface area contributed by atoms with Gasteiger partial charge in [-0.3, -0.25) is 4.79 Å². The lowest BCUT2D eigenvalue weighted by Gasteiger charge is -2.12. The predicted octanol–water partition coefficient (Wildman–Crippen LogP) is 3.22. The molecule has 0 aliphatic heterocycles. The second kappa shape index (κ2) is 6.80. The summed E-state index contributed by atoms with van der Waals surface area (Å²) in [7, 11) is 1.52. The molecule has 0 unspecified atom stereocenters. The second-order valence-corrected chi connectivity index (χ2v) is 5.98. The van der Waals surface area contributed by atoms with Gasteiger partial charge in [0.05, 0.1) is 18.5 Å². The molecule has 0 radical (unpaired) electrons. The average Bonchev–Trinajstić information content (AvgIpc) is 3.19. The van der Waals surface area contributed by atoms with Crippen molar-refractivity contribution >= 4 is 11.7 Å². The highest BCUT2D eigenvalue weighted by atomic mass is 16.5. The quantitative estimate of drug-likeness (QED) is 0.774. The van der Waals surface area contributed by atoms with Crippen LogP contribution in [0.1, 0.15) is 36.1 Å². The minimum Gasteiger partial charge on any atom is -0.480 e. The highest BCUT2D eigenvalue weighted by Crippen LogP contribution is 2.20. The van der Waals surface area contributed by atoms with Gasteiger partial charge in [0.15, 0.2) is 0 Å². The zero-order valence-electron chi connectivity index (χ0n) is 14.7. The molecule has 7 nitrogen and oxygen atoms in total. The third-order valence-electron chi connectivity index (χ3n) is 3.72. The number of hydrogen-bond acceptors (Lipinski definition) is 4. The van der Waals surface area contributed by atoms with Crippen molar-refractivity contribution in [3.63, 3.8) is 0 Å². The Morgan fingerprint density at radius 2 is 1.88 bits per heavy atom. The van der Waals surface area contributed by atoms with Crippen LogP contribution in [0, 0.1) is 6.92 Å². The molecule has 1 aromatic carbocycles. The Kier molecular flexibility index (Phi) is 4.56. The Morgan fingerprint density at radius 1 is 1.16 bits per heavy atom. The van der Waals surface area contributed by atoms with Crippen molar-refractivity contribution < 1.29 is 9.53 Å². The van der Waals surface area contributed by atoms with Crippen LogP contribution in [0.5, 0.6) is 5.88 Å². The average molecular weight is 339 g/mol. The van der Waals surface area contributed by atoms with Crippen molar-refractivity contribution in [1.82, 2.24) is 19.6 Å². The fourth-order valence-electron chi connectivity index (χ4n) is 2.57. The van der Waals surface area contributed by atoms with E-state index < -0.39 is 0 Å². The number of carbonyl (C=O) groups is 1. The van der Waals surface area contributed by atoms with E-state index in [0.717, 1.165) is 11.4 Å². The molecular weight excluding hydrogens is 318 g/mol. The number of methoxy groups -OCH3 is 1. The standard InChI is InChI=1S/C18H21N5O2/c1-12(2)22-16(10-13(3)20-22)19-18(24)15-11-17(25-4)21-23(15)14-8-6-5-7-9-14/h5-12H,1-4H3,(H,19,24). The zero-order chi connectivity index (χ0) is 18.0. The molecule has 3 rings (SSSR count). The van der Waals surface area contributed by atoms with E-state index in [2.05, 4.69) is 15.5 Å². The Balaban J connectivity index is 1.97. The number of ether oxygens (including phenoxy) is 1. The van der Waals surface area contributed by atoms with Gasteiger partial charge in [-0.05, 0) is 32.9 Å². The van der Waals surface area contributed by atoms with Gasteiger partial charge in [0.25, 0.3) is 5.91 Å². The maximum absolute atomic E-state index is 12.9. The molecule has 0 spiro atoms. The lowest BCUT2D eigenvalue weighted by molar-refractivity contribution is 0.101. The van der Waals surface area contributed by atoms with Crippen LogP contribution in [-0.2, 0) is 0 Å². The first-order valence-electron chi connectivity index (χ1n) is 8.06. The Bertz CT molecular complexity index is 880. The molecule has 0 saturated carbocycles. The number of carbonyl (C=O) groups excluding carboxylic acids is 1. The number of nitrogens with zero attached hydrogens (tertiary/aromatic N) is 4. The van der Waals surface area contributed by atoms with Gasteiger partial charge in [0, 0.05) is 18.2 Å². The van der Waals surface area contributed by atoms with Gasteiger partial charge < -0.3 is 10.1 Å². The van der Waals surface area contributed by atoms with Gasteiger partial charge in [-0.1, -0.05) is 18.2 Å². The molecule has 2 aromatic heterocycles. The number of aryl methyl sites for hydroxylation is 1. The van der Waals surface area contributed by atoms with Gasteiger partial charge in [0.1, 0.15) is 11.5 Å². The fourth-order valence-corrected chi connectivity index (χ4v) is 2.57. The second-order valence-electron chi connectivity index (χ2n) is 5.98. The number of para-hydroxylation sites is 1. The lowest BCUT2D eigenvalue weighted by atomic mass is 10.3. The SMILES string of the molecule is COc1cc(C(=O)Nc2cc(C)nn2C(C)C)n(-c2ccccc2)n1. The van der Waals surface area contributed by atoms with E-state index in [1.807, 2.05) is 57.2 Å². The molecule has 130 valence electrons. The monoisotopic (exact) mass is 339 g/mol. The van der Waals surface area contributed by atoms with E-state index in [4.69, 9.17) is 4.74 Å². The van der Waals surface area contributed by atoms with Gasteiger partial charge in [-0.25, -0.2) is 9.36 Å². The third-order valence-corrected chi connectivity index (χ3v) is 3.72. The first-order chi connectivity index (χ1) is 12.0. The molecule has 1 N–H and O–H groups in total. The summed E-state index contributed by atoms with van der Waals surface area (Å²) in [5.41, 5.74) is 2.01. The number of nitrogens with one attached hydrogen (secondary N) is 1. The van der Waals surface area contributed by atoms with E-state index >= 15 is 0 Å². The van der Waals surface area contributed by atoms with E-state index in [9.17, 15) is 4.79 Å². The molecule has 3 aromatic rings. The Hall–Kier alpha value is -3.09. The number of benzene rings is 1. The summed E-state index contributed by atoms with van der Waals surface area (Å²) in [6.45, 7) is 5.92. The normalized spacial score (nSPS) is 10.9. The first-order valence-corrected chi connectivity index (χ1v) is 8.06. The van der Waals surface area contributed by atoms with Crippen LogP contribution in [0.2, 0.25) is 0 Å². The van der Waals surface area contributed by atoms with Crippen LogP contribution in [0.3, 0.4) is 0 Å². The summed E-state index contributed by atoms with van der Waals surface area (Å²) >= 11 is 0. The van der Waals surface area contributed by atoms with Crippen LogP contribution in [0.25, 0.3) is 5.69 Å². The molecule has 0 bridgehead atoms. The molecule has 1 amide bonds. The molecule has 0 saturated heterocycles. The largest absolute Gasteiger partial charge is 0.480 e. The van der Waals surface area contributed by atoms with Crippen LogP contribution >= 0.6 is 0 Å². The highest BCUT2D eigenvalue weighted by Gasteiger charge is 2.19. The van der Waals surface area contributed by atoms with E-state index in [1.54, 1.807) is 15.4 Å². The van der Waals surface area contributed by atoms with Crippen LogP contribution < -0.4 is 10.1 Å². The number of aromatic nitrogens is 4. The summed E-state index contributed by atoms with van der Waals surface area (Å²) in [4.78, 5) is 12.9. The van der Waals surface area contributed by atoms with Crippen LogP contribution in [0.15, 0.2) is 42.5 Å². The maximum atomic E-state index is 12.9. The summed E-state index contributed by atoms with van der Waals surface area (Å²) < 4.78 is 8.55. The summed E-state index contributed by atoms with van der Waals surface area (Å²) in [6.07, 6.45) is 0. The van der Waals surface area contributed by atoms with E-state index in [-0.39, 0.29) is 11.9 Å². The maximum Gasteiger partial charge on any atom is 0.275 e. The molecule has 2 heterocycles. The van der Waals surface area contributed by atoms with Gasteiger partial charge in [0.2, 0.25) is 5.88 Å². The lowest BCUT2D eigenvalue weighted by Crippen LogP contribution is -2.19. The van der Waals surface area contributed by atoms with Crippen molar-refractivity contribution in [3.8, 4) is 11.6 Å². The fraction of sp³-hybridized carbons (Fsp3) is 0.278. The van der Waals surface area contributed by atoms with E-state index in [1.165, 1.54) is 7.11 Å². The molecular formula is C18H21N5O2. The van der Waals surface area contributed by atoms with Gasteiger partial charge in [-0.2, -0.15) is 5.10 Å². The van der Waals surface area contributed by atoms with Crippen molar-refractivity contribution in [2.24, 2.45) is 0 Å². The van der Waals surface area contributed by atoms with Gasteiger partial charge in [-0.15, -0.1) is 5.10 Å². The van der Waals surface area contributed by atoms with E-state index in [0.29, 0.717) is 17.4 Å². The molecule has 0 aliphatic carbocycles. The summed E-state index contributed by atoms with van der Waals surface area (Å²) in [6, 6.07) is 13.1. The minimum atomic E-state index is -0.276. The summed E-state index contributed by atoms with van der Waals surface area (Å²) in [5, 5.41) is 11.7. The van der Waals surface area contributed by atoms with Crippen molar-refractivity contribution in [2.75, 3.05) is 12.4 Å². The predicted molar refractivity (Wildman–Crippen MR) is 95.4 cm³/mol. The topological polar surface area (TPSA) is 74.0 Å². The number of hydrogen-bond donors (Lipinski definition) is 1. The van der Waals surface area contributed by atoms with Gasteiger partial charge >= 0.3 is 0 Å². The molecule has 0 aliphatic rings. The zero-order valence-corrected chi connectivity index (χ0v) is 14.7. The third kappa shape index (κ3) is 3.40. The Morgan fingerprint density at radius 3 is 2.52 bits per heavy atom.